The number of carboxylic acid groups (broad SMARTS) is 1. The van der Waals surface area contributed by atoms with Crippen LogP contribution in [-0.4, -0.2) is 35.7 Å². The molecule has 1 aliphatic rings. The summed E-state index contributed by atoms with van der Waals surface area (Å²) < 4.78 is 5.40. The van der Waals surface area contributed by atoms with E-state index in [1.807, 2.05) is 0 Å². The molecule has 0 bridgehead atoms. The Bertz CT molecular complexity index is 500. The number of hydrogen-bond acceptors (Lipinski definition) is 3. The summed E-state index contributed by atoms with van der Waals surface area (Å²) in [5.74, 6) is -0.986. The fourth-order valence-electron chi connectivity index (χ4n) is 1.98. The van der Waals surface area contributed by atoms with Gasteiger partial charge in [-0.2, -0.15) is 0 Å². The van der Waals surface area contributed by atoms with Crippen molar-refractivity contribution in [1.82, 2.24) is 4.90 Å². The van der Waals surface area contributed by atoms with E-state index in [1.165, 1.54) is 11.0 Å². The SMILES string of the molecule is CN1CCC(C)(c2cccc(C(=O)O)c2)OC1=O. The quantitative estimate of drug-likeness (QED) is 0.871. The first-order chi connectivity index (χ1) is 8.42. The minimum Gasteiger partial charge on any atom is -0.478 e. The highest BCUT2D eigenvalue weighted by atomic mass is 16.6. The summed E-state index contributed by atoms with van der Waals surface area (Å²) in [6.45, 7) is 2.39. The second-order valence-electron chi connectivity index (χ2n) is 4.66. The van der Waals surface area contributed by atoms with Crippen LogP contribution in [0.2, 0.25) is 0 Å². The number of ether oxygens (including phenoxy) is 1. The maximum absolute atomic E-state index is 11.6. The van der Waals surface area contributed by atoms with Crippen LogP contribution in [0, 0.1) is 0 Å². The molecule has 0 aromatic heterocycles. The lowest BCUT2D eigenvalue weighted by atomic mass is 9.90. The van der Waals surface area contributed by atoms with E-state index in [4.69, 9.17) is 9.84 Å². The number of cyclic esters (lactones) is 1. The average molecular weight is 249 g/mol. The fraction of sp³-hybridized carbons (Fsp3) is 0.385. The maximum atomic E-state index is 11.6. The molecule has 1 N–H and O–H groups in total. The molecular formula is C13H15NO4. The Hall–Kier alpha value is -2.04. The van der Waals surface area contributed by atoms with E-state index in [9.17, 15) is 9.59 Å². The first-order valence-corrected chi connectivity index (χ1v) is 5.70. The topological polar surface area (TPSA) is 66.8 Å². The Morgan fingerprint density at radius 2 is 2.22 bits per heavy atom. The van der Waals surface area contributed by atoms with E-state index in [2.05, 4.69) is 0 Å². The molecule has 2 rings (SSSR count). The van der Waals surface area contributed by atoms with Crippen molar-refractivity contribution in [2.45, 2.75) is 18.9 Å². The molecule has 1 unspecified atom stereocenters. The van der Waals surface area contributed by atoms with E-state index < -0.39 is 11.6 Å². The van der Waals surface area contributed by atoms with Crippen LogP contribution < -0.4 is 0 Å². The van der Waals surface area contributed by atoms with E-state index >= 15 is 0 Å². The molecule has 0 saturated carbocycles. The molecule has 1 aromatic carbocycles. The molecule has 1 aromatic rings. The summed E-state index contributed by atoms with van der Waals surface area (Å²) >= 11 is 0. The van der Waals surface area contributed by atoms with Crippen LogP contribution in [0.25, 0.3) is 0 Å². The van der Waals surface area contributed by atoms with Gasteiger partial charge in [0.05, 0.1) is 5.56 Å². The summed E-state index contributed by atoms with van der Waals surface area (Å²) in [7, 11) is 1.68. The molecule has 1 atom stereocenters. The van der Waals surface area contributed by atoms with Gasteiger partial charge < -0.3 is 14.7 Å². The number of carbonyl (C=O) groups is 2. The van der Waals surface area contributed by atoms with Crippen LogP contribution >= 0.6 is 0 Å². The van der Waals surface area contributed by atoms with Gasteiger partial charge in [-0.1, -0.05) is 12.1 Å². The summed E-state index contributed by atoms with van der Waals surface area (Å²) in [5.41, 5.74) is 0.155. The highest BCUT2D eigenvalue weighted by Gasteiger charge is 2.37. The molecular weight excluding hydrogens is 234 g/mol. The Balaban J connectivity index is 2.33. The van der Waals surface area contributed by atoms with Crippen LogP contribution in [0.1, 0.15) is 29.3 Å². The van der Waals surface area contributed by atoms with Crippen molar-refractivity contribution >= 4 is 12.1 Å². The number of hydrogen-bond donors (Lipinski definition) is 1. The lowest BCUT2D eigenvalue weighted by Crippen LogP contribution is -2.44. The highest BCUT2D eigenvalue weighted by molar-refractivity contribution is 5.87. The van der Waals surface area contributed by atoms with Gasteiger partial charge in [0, 0.05) is 20.0 Å². The van der Waals surface area contributed by atoms with E-state index in [1.54, 1.807) is 32.2 Å². The van der Waals surface area contributed by atoms with Crippen molar-refractivity contribution in [2.24, 2.45) is 0 Å². The zero-order valence-corrected chi connectivity index (χ0v) is 10.3. The Labute approximate surface area is 105 Å². The zero-order valence-electron chi connectivity index (χ0n) is 10.3. The molecule has 5 nitrogen and oxygen atoms in total. The molecule has 1 amide bonds. The Morgan fingerprint density at radius 1 is 1.50 bits per heavy atom. The van der Waals surface area contributed by atoms with Crippen molar-refractivity contribution < 1.29 is 19.4 Å². The van der Waals surface area contributed by atoms with Crippen LogP contribution in [0.3, 0.4) is 0 Å². The van der Waals surface area contributed by atoms with Gasteiger partial charge >= 0.3 is 12.1 Å². The van der Waals surface area contributed by atoms with E-state index in [0.717, 1.165) is 0 Å². The number of nitrogens with zero attached hydrogens (tertiary/aromatic N) is 1. The van der Waals surface area contributed by atoms with Crippen molar-refractivity contribution in [3.8, 4) is 0 Å². The van der Waals surface area contributed by atoms with Gasteiger partial charge in [-0.25, -0.2) is 9.59 Å². The molecule has 0 radical (unpaired) electrons. The zero-order chi connectivity index (χ0) is 13.3. The summed E-state index contributed by atoms with van der Waals surface area (Å²) in [5, 5.41) is 8.97. The van der Waals surface area contributed by atoms with Crippen LogP contribution in [-0.2, 0) is 10.3 Å². The van der Waals surface area contributed by atoms with Crippen molar-refractivity contribution in [2.75, 3.05) is 13.6 Å². The van der Waals surface area contributed by atoms with Crippen molar-refractivity contribution in [1.29, 1.82) is 0 Å². The largest absolute Gasteiger partial charge is 0.478 e. The second kappa shape index (κ2) is 4.33. The van der Waals surface area contributed by atoms with E-state index in [0.29, 0.717) is 18.5 Å². The summed E-state index contributed by atoms with van der Waals surface area (Å²) in [4.78, 5) is 24.0. The summed E-state index contributed by atoms with van der Waals surface area (Å²) in [6.07, 6.45) is 0.252. The van der Waals surface area contributed by atoms with Gasteiger partial charge in [-0.3, -0.25) is 0 Å². The monoisotopic (exact) mass is 249 g/mol. The second-order valence-corrected chi connectivity index (χ2v) is 4.66. The van der Waals surface area contributed by atoms with Crippen LogP contribution in [0.15, 0.2) is 24.3 Å². The number of amides is 1. The molecule has 1 aliphatic heterocycles. The minimum absolute atomic E-state index is 0.198. The molecule has 0 spiro atoms. The Morgan fingerprint density at radius 3 is 2.83 bits per heavy atom. The maximum Gasteiger partial charge on any atom is 0.410 e. The third kappa shape index (κ3) is 2.16. The lowest BCUT2D eigenvalue weighted by Gasteiger charge is -2.37. The first kappa shape index (κ1) is 12.4. The molecule has 1 saturated heterocycles. The molecule has 0 aliphatic carbocycles. The Kier molecular flexibility index (Phi) is 2.98. The van der Waals surface area contributed by atoms with Gasteiger partial charge in [0.25, 0.3) is 0 Å². The van der Waals surface area contributed by atoms with Gasteiger partial charge in [0.2, 0.25) is 0 Å². The molecule has 96 valence electrons. The van der Waals surface area contributed by atoms with Gasteiger partial charge in [-0.05, 0) is 24.6 Å². The molecule has 18 heavy (non-hydrogen) atoms. The third-order valence-corrected chi connectivity index (χ3v) is 3.27. The number of rotatable bonds is 2. The van der Waals surface area contributed by atoms with Crippen LogP contribution in [0.5, 0.6) is 0 Å². The number of carboxylic acids is 1. The number of benzene rings is 1. The van der Waals surface area contributed by atoms with E-state index in [-0.39, 0.29) is 11.7 Å². The van der Waals surface area contributed by atoms with Crippen molar-refractivity contribution in [3.63, 3.8) is 0 Å². The third-order valence-electron chi connectivity index (χ3n) is 3.27. The van der Waals surface area contributed by atoms with Gasteiger partial charge in [0.15, 0.2) is 0 Å². The first-order valence-electron chi connectivity index (χ1n) is 5.70. The van der Waals surface area contributed by atoms with Crippen molar-refractivity contribution in [3.05, 3.63) is 35.4 Å². The summed E-state index contributed by atoms with van der Waals surface area (Å²) in [6, 6.07) is 6.52. The molecule has 1 fully saturated rings. The fourth-order valence-corrected chi connectivity index (χ4v) is 1.98. The van der Waals surface area contributed by atoms with Crippen LogP contribution in [0.4, 0.5) is 4.79 Å². The lowest BCUT2D eigenvalue weighted by molar-refractivity contribution is -0.0351. The molecule has 5 heteroatoms. The van der Waals surface area contributed by atoms with Gasteiger partial charge in [-0.15, -0.1) is 0 Å². The number of aromatic carboxylic acids is 1. The predicted octanol–water partition coefficient (Wildman–Crippen LogP) is 2.07. The minimum atomic E-state index is -0.986. The predicted molar refractivity (Wildman–Crippen MR) is 64.5 cm³/mol. The smallest absolute Gasteiger partial charge is 0.410 e. The average Bonchev–Trinajstić information content (AvgIpc) is 2.34. The highest BCUT2D eigenvalue weighted by Crippen LogP contribution is 2.33. The number of carbonyl (C=O) groups excluding carboxylic acids is 1. The normalized spacial score (nSPS) is 23.7. The van der Waals surface area contributed by atoms with Gasteiger partial charge in [0.1, 0.15) is 5.60 Å². The molecule has 1 heterocycles. The standard InChI is InChI=1S/C13H15NO4/c1-13(6-7-14(2)12(17)18-13)10-5-3-4-9(8-10)11(15)16/h3-5,8H,6-7H2,1-2H3,(H,15,16).